The highest BCUT2D eigenvalue weighted by Crippen LogP contribution is 2.23. The average molecular weight is 395 g/mol. The van der Waals surface area contributed by atoms with Gasteiger partial charge in [-0.15, -0.1) is 0 Å². The van der Waals surface area contributed by atoms with Crippen LogP contribution in [0, 0.1) is 5.82 Å². The van der Waals surface area contributed by atoms with E-state index >= 15 is 0 Å². The monoisotopic (exact) mass is 395 g/mol. The molecule has 5 nitrogen and oxygen atoms in total. The van der Waals surface area contributed by atoms with E-state index in [4.69, 9.17) is 0 Å². The number of nitrogens with zero attached hydrogens (tertiary/aromatic N) is 2. The molecule has 2 amide bonds. The number of hydrogen-bond donors (Lipinski definition) is 1. The van der Waals surface area contributed by atoms with Crippen molar-refractivity contribution in [3.8, 4) is 0 Å². The van der Waals surface area contributed by atoms with Crippen molar-refractivity contribution in [2.45, 2.75) is 38.3 Å². The van der Waals surface area contributed by atoms with Crippen LogP contribution in [0.3, 0.4) is 0 Å². The van der Waals surface area contributed by atoms with Crippen molar-refractivity contribution >= 4 is 17.5 Å². The number of benzene rings is 2. The summed E-state index contributed by atoms with van der Waals surface area (Å²) in [6.45, 7) is 2.77. The van der Waals surface area contributed by atoms with Crippen LogP contribution in [0.5, 0.6) is 0 Å². The highest BCUT2D eigenvalue weighted by Gasteiger charge is 2.31. The molecule has 1 N–H and O–H groups in total. The van der Waals surface area contributed by atoms with Gasteiger partial charge in [-0.3, -0.25) is 14.5 Å². The molecular weight excluding hydrogens is 369 g/mol. The Morgan fingerprint density at radius 1 is 1.00 bits per heavy atom. The molecule has 2 saturated heterocycles. The molecule has 6 heteroatoms. The van der Waals surface area contributed by atoms with Gasteiger partial charge in [0.05, 0.1) is 6.04 Å². The van der Waals surface area contributed by atoms with Gasteiger partial charge in [0.2, 0.25) is 5.91 Å². The van der Waals surface area contributed by atoms with Crippen LogP contribution in [0.15, 0.2) is 48.5 Å². The van der Waals surface area contributed by atoms with Gasteiger partial charge < -0.3 is 10.2 Å². The van der Waals surface area contributed by atoms with Gasteiger partial charge in [0.25, 0.3) is 5.91 Å². The van der Waals surface area contributed by atoms with Crippen molar-refractivity contribution < 1.29 is 14.0 Å². The third-order valence-corrected chi connectivity index (χ3v) is 5.77. The predicted octanol–water partition coefficient (Wildman–Crippen LogP) is 3.66. The Morgan fingerprint density at radius 2 is 1.79 bits per heavy atom. The fraction of sp³-hybridized carbons (Fsp3) is 0.391. The second kappa shape index (κ2) is 8.74. The lowest BCUT2D eigenvalue weighted by atomic mass is 10.1. The van der Waals surface area contributed by atoms with Crippen molar-refractivity contribution in [1.29, 1.82) is 0 Å². The Kier molecular flexibility index (Phi) is 5.90. The summed E-state index contributed by atoms with van der Waals surface area (Å²) in [7, 11) is 0. The van der Waals surface area contributed by atoms with Crippen LogP contribution in [0.25, 0.3) is 0 Å². The minimum Gasteiger partial charge on any atom is -0.339 e. The van der Waals surface area contributed by atoms with Crippen LogP contribution in [-0.4, -0.2) is 47.3 Å². The molecule has 152 valence electrons. The van der Waals surface area contributed by atoms with Crippen molar-refractivity contribution in [2.24, 2.45) is 0 Å². The van der Waals surface area contributed by atoms with E-state index in [1.807, 2.05) is 15.9 Å². The summed E-state index contributed by atoms with van der Waals surface area (Å²) in [6.07, 6.45) is 3.73. The molecule has 2 fully saturated rings. The van der Waals surface area contributed by atoms with Gasteiger partial charge in [-0.2, -0.15) is 0 Å². The van der Waals surface area contributed by atoms with E-state index in [2.05, 4.69) is 5.32 Å². The second-order valence-electron chi connectivity index (χ2n) is 7.79. The Balaban J connectivity index is 1.42. The zero-order valence-electron chi connectivity index (χ0n) is 16.4. The molecule has 1 unspecified atom stereocenters. The Hall–Kier alpha value is -2.73. The fourth-order valence-electron chi connectivity index (χ4n) is 4.22. The molecule has 2 heterocycles. The SMILES string of the molecule is O=C(Nc1cccc(C(=O)N2CCCC2)c1)C1CCCN1Cc1ccccc1F. The maximum Gasteiger partial charge on any atom is 0.253 e. The molecule has 0 saturated carbocycles. The number of halogens is 1. The molecule has 2 aliphatic heterocycles. The largest absolute Gasteiger partial charge is 0.339 e. The average Bonchev–Trinajstić information content (AvgIpc) is 3.41. The molecule has 2 aromatic rings. The molecule has 4 rings (SSSR count). The summed E-state index contributed by atoms with van der Waals surface area (Å²) in [4.78, 5) is 29.4. The first-order valence-electron chi connectivity index (χ1n) is 10.3. The topological polar surface area (TPSA) is 52.7 Å². The highest BCUT2D eigenvalue weighted by molar-refractivity contribution is 5.98. The molecule has 0 spiro atoms. The number of rotatable bonds is 5. The lowest BCUT2D eigenvalue weighted by Crippen LogP contribution is -2.39. The zero-order chi connectivity index (χ0) is 20.2. The van der Waals surface area contributed by atoms with E-state index in [0.717, 1.165) is 45.3 Å². The summed E-state index contributed by atoms with van der Waals surface area (Å²) < 4.78 is 14.0. The number of carbonyl (C=O) groups is 2. The summed E-state index contributed by atoms with van der Waals surface area (Å²) in [5, 5.41) is 2.95. The molecular formula is C23H26FN3O2. The van der Waals surface area contributed by atoms with Crippen LogP contribution in [0.4, 0.5) is 10.1 Å². The van der Waals surface area contributed by atoms with Crippen LogP contribution in [-0.2, 0) is 11.3 Å². The summed E-state index contributed by atoms with van der Waals surface area (Å²) in [5.74, 6) is -0.336. The maximum absolute atomic E-state index is 14.0. The third kappa shape index (κ3) is 4.48. The summed E-state index contributed by atoms with van der Waals surface area (Å²) >= 11 is 0. The fourth-order valence-corrected chi connectivity index (χ4v) is 4.22. The normalized spacial score (nSPS) is 19.5. The molecule has 29 heavy (non-hydrogen) atoms. The molecule has 2 aromatic carbocycles. The van der Waals surface area contributed by atoms with Gasteiger partial charge in [-0.1, -0.05) is 24.3 Å². The molecule has 2 aliphatic rings. The molecule has 0 aliphatic carbocycles. The Labute approximate surface area is 170 Å². The van der Waals surface area contributed by atoms with E-state index in [1.165, 1.54) is 6.07 Å². The van der Waals surface area contributed by atoms with Crippen molar-refractivity contribution in [2.75, 3.05) is 25.0 Å². The minimum absolute atomic E-state index is 0.0145. The number of hydrogen-bond acceptors (Lipinski definition) is 3. The van der Waals surface area contributed by atoms with Crippen LogP contribution in [0.1, 0.15) is 41.6 Å². The number of likely N-dealkylation sites (tertiary alicyclic amines) is 2. The zero-order valence-corrected chi connectivity index (χ0v) is 16.4. The number of carbonyl (C=O) groups excluding carboxylic acids is 2. The van der Waals surface area contributed by atoms with Gasteiger partial charge in [0, 0.05) is 36.4 Å². The van der Waals surface area contributed by atoms with Crippen LogP contribution >= 0.6 is 0 Å². The molecule has 0 aromatic heterocycles. The van der Waals surface area contributed by atoms with Crippen LogP contribution < -0.4 is 5.32 Å². The van der Waals surface area contributed by atoms with E-state index in [0.29, 0.717) is 23.4 Å². The first-order valence-corrected chi connectivity index (χ1v) is 10.3. The van der Waals surface area contributed by atoms with Crippen molar-refractivity contribution in [1.82, 2.24) is 9.80 Å². The van der Waals surface area contributed by atoms with Crippen molar-refractivity contribution in [3.05, 3.63) is 65.5 Å². The van der Waals surface area contributed by atoms with Gasteiger partial charge in [-0.05, 0) is 56.5 Å². The molecule has 0 radical (unpaired) electrons. The van der Waals surface area contributed by atoms with E-state index in [-0.39, 0.29) is 23.7 Å². The summed E-state index contributed by atoms with van der Waals surface area (Å²) in [5.41, 5.74) is 1.82. The number of anilines is 1. The minimum atomic E-state index is -0.299. The highest BCUT2D eigenvalue weighted by atomic mass is 19.1. The smallest absolute Gasteiger partial charge is 0.253 e. The predicted molar refractivity (Wildman–Crippen MR) is 110 cm³/mol. The molecule has 0 bridgehead atoms. The number of nitrogens with one attached hydrogen (secondary N) is 1. The maximum atomic E-state index is 14.0. The van der Waals surface area contributed by atoms with Gasteiger partial charge in [-0.25, -0.2) is 4.39 Å². The first-order chi connectivity index (χ1) is 14.1. The molecule has 1 atom stereocenters. The van der Waals surface area contributed by atoms with E-state index in [1.54, 1.807) is 36.4 Å². The summed E-state index contributed by atoms with van der Waals surface area (Å²) in [6, 6.07) is 13.5. The van der Waals surface area contributed by atoms with Crippen LogP contribution in [0.2, 0.25) is 0 Å². The Morgan fingerprint density at radius 3 is 2.59 bits per heavy atom. The third-order valence-electron chi connectivity index (χ3n) is 5.77. The quantitative estimate of drug-likeness (QED) is 0.841. The van der Waals surface area contributed by atoms with Gasteiger partial charge in [0.1, 0.15) is 5.82 Å². The van der Waals surface area contributed by atoms with Gasteiger partial charge >= 0.3 is 0 Å². The second-order valence-corrected chi connectivity index (χ2v) is 7.79. The number of amides is 2. The van der Waals surface area contributed by atoms with Gasteiger partial charge in [0.15, 0.2) is 0 Å². The van der Waals surface area contributed by atoms with E-state index in [9.17, 15) is 14.0 Å². The lowest BCUT2D eigenvalue weighted by Gasteiger charge is -2.24. The van der Waals surface area contributed by atoms with E-state index < -0.39 is 0 Å². The first kappa shape index (κ1) is 19.6. The lowest BCUT2D eigenvalue weighted by molar-refractivity contribution is -0.120. The Bertz CT molecular complexity index is 895. The van der Waals surface area contributed by atoms with Crippen molar-refractivity contribution in [3.63, 3.8) is 0 Å². The standard InChI is InChI=1S/C23H26FN3O2/c24-20-10-2-1-7-18(20)16-27-14-6-11-21(27)22(28)25-19-9-5-8-17(15-19)23(29)26-12-3-4-13-26/h1-2,5,7-10,15,21H,3-4,6,11-14,16H2,(H,25,28).